The molecule has 5 atom stereocenters. The number of aliphatic hydroxyl groups is 4. The molecular weight excluding hydrogens is 316 g/mol. The van der Waals surface area contributed by atoms with Gasteiger partial charge in [-0.1, -0.05) is 18.2 Å². The van der Waals surface area contributed by atoms with Crippen LogP contribution in [0.25, 0.3) is 10.9 Å². The number of aliphatic hydroxyl groups excluding tert-OH is 4. The van der Waals surface area contributed by atoms with E-state index in [2.05, 4.69) is 10.3 Å². The number of carbonyl (C=O) groups is 1. The van der Waals surface area contributed by atoms with Crippen LogP contribution in [0.5, 0.6) is 0 Å². The topological polar surface area (TPSA) is 135 Å². The van der Waals surface area contributed by atoms with Crippen molar-refractivity contribution in [3.8, 4) is 0 Å². The predicted octanol–water partition coefficient (Wildman–Crippen LogP) is -1.37. The molecule has 2 aromatic rings. The van der Waals surface area contributed by atoms with Crippen LogP contribution < -0.4 is 5.32 Å². The quantitative estimate of drug-likeness (QED) is 0.408. The van der Waals surface area contributed by atoms with Crippen LogP contribution in [-0.4, -0.2) is 68.6 Å². The third-order valence-corrected chi connectivity index (χ3v) is 4.16. The number of H-pyrrole nitrogens is 1. The average Bonchev–Trinajstić information content (AvgIpc) is 2.97. The SMILES string of the molecule is O=C(Cc1cc2ccccc2[nH]1)N[C@H]1C(O)O[C@H](CO)[C@@H](O)[C@@H]1O. The Hall–Kier alpha value is -1.97. The Morgan fingerprint density at radius 1 is 1.21 bits per heavy atom. The van der Waals surface area contributed by atoms with Gasteiger partial charge >= 0.3 is 0 Å². The molecule has 0 aliphatic carbocycles. The number of hydrogen-bond acceptors (Lipinski definition) is 6. The molecule has 1 amide bonds. The van der Waals surface area contributed by atoms with E-state index in [0.717, 1.165) is 10.9 Å². The summed E-state index contributed by atoms with van der Waals surface area (Å²) in [6, 6.07) is 8.25. The highest BCUT2D eigenvalue weighted by Crippen LogP contribution is 2.20. The van der Waals surface area contributed by atoms with Crippen molar-refractivity contribution in [2.75, 3.05) is 6.61 Å². The second kappa shape index (κ2) is 6.88. The molecule has 1 aliphatic rings. The first-order chi connectivity index (χ1) is 11.5. The molecule has 1 unspecified atom stereocenters. The predicted molar refractivity (Wildman–Crippen MR) is 83.9 cm³/mol. The maximum absolute atomic E-state index is 12.2. The van der Waals surface area contributed by atoms with Crippen molar-refractivity contribution < 1.29 is 30.0 Å². The highest BCUT2D eigenvalue weighted by Gasteiger charge is 2.44. The van der Waals surface area contributed by atoms with Gasteiger partial charge in [0.25, 0.3) is 0 Å². The molecule has 8 nitrogen and oxygen atoms in total. The molecule has 0 spiro atoms. The third-order valence-electron chi connectivity index (χ3n) is 4.16. The monoisotopic (exact) mass is 336 g/mol. The van der Waals surface area contributed by atoms with Crippen LogP contribution in [0.4, 0.5) is 0 Å². The number of benzene rings is 1. The summed E-state index contributed by atoms with van der Waals surface area (Å²) >= 11 is 0. The molecule has 2 heterocycles. The maximum Gasteiger partial charge on any atom is 0.226 e. The minimum Gasteiger partial charge on any atom is -0.394 e. The molecule has 8 heteroatoms. The fourth-order valence-corrected chi connectivity index (χ4v) is 2.89. The summed E-state index contributed by atoms with van der Waals surface area (Å²) in [5.41, 5.74) is 1.59. The van der Waals surface area contributed by atoms with Crippen LogP contribution in [-0.2, 0) is 16.0 Å². The summed E-state index contributed by atoms with van der Waals surface area (Å²) in [5.74, 6) is -0.442. The number of ether oxygens (including phenoxy) is 1. The first kappa shape index (κ1) is 16.9. The number of carbonyl (C=O) groups excluding carboxylic acids is 1. The molecule has 6 N–H and O–H groups in total. The van der Waals surface area contributed by atoms with Crippen molar-refractivity contribution in [3.63, 3.8) is 0 Å². The number of aromatic nitrogens is 1. The van der Waals surface area contributed by atoms with Crippen molar-refractivity contribution in [1.82, 2.24) is 10.3 Å². The van der Waals surface area contributed by atoms with Crippen LogP contribution >= 0.6 is 0 Å². The Morgan fingerprint density at radius 3 is 2.67 bits per heavy atom. The molecule has 1 fully saturated rings. The summed E-state index contributed by atoms with van der Waals surface area (Å²) in [6.45, 7) is -0.551. The van der Waals surface area contributed by atoms with Gasteiger partial charge in [0.15, 0.2) is 6.29 Å². The van der Waals surface area contributed by atoms with Crippen molar-refractivity contribution in [3.05, 3.63) is 36.0 Å². The van der Waals surface area contributed by atoms with Crippen molar-refractivity contribution in [2.45, 2.75) is 37.1 Å². The van der Waals surface area contributed by atoms with E-state index in [4.69, 9.17) is 9.84 Å². The van der Waals surface area contributed by atoms with E-state index in [0.29, 0.717) is 5.69 Å². The number of rotatable bonds is 4. The van der Waals surface area contributed by atoms with Gasteiger partial charge in [0.2, 0.25) is 5.91 Å². The highest BCUT2D eigenvalue weighted by atomic mass is 16.6. The molecular formula is C16H20N2O6. The van der Waals surface area contributed by atoms with Crippen molar-refractivity contribution >= 4 is 16.8 Å². The first-order valence-electron chi connectivity index (χ1n) is 7.66. The minimum absolute atomic E-state index is 0.0180. The number of nitrogens with one attached hydrogen (secondary N) is 2. The van der Waals surface area contributed by atoms with Gasteiger partial charge in [-0.3, -0.25) is 4.79 Å². The van der Waals surface area contributed by atoms with Gasteiger partial charge in [0.1, 0.15) is 24.4 Å². The number of fused-ring (bicyclic) bond motifs is 1. The Morgan fingerprint density at radius 2 is 1.96 bits per heavy atom. The fourth-order valence-electron chi connectivity index (χ4n) is 2.89. The van der Waals surface area contributed by atoms with Crippen LogP contribution in [0.3, 0.4) is 0 Å². The summed E-state index contributed by atoms with van der Waals surface area (Å²) in [4.78, 5) is 15.3. The Labute approximate surface area is 137 Å². The van der Waals surface area contributed by atoms with Crippen molar-refractivity contribution in [1.29, 1.82) is 0 Å². The molecule has 1 aromatic heterocycles. The second-order valence-electron chi connectivity index (χ2n) is 5.88. The molecule has 0 radical (unpaired) electrons. The summed E-state index contributed by atoms with van der Waals surface area (Å²) in [6.07, 6.45) is -5.46. The lowest BCUT2D eigenvalue weighted by molar-refractivity contribution is -0.253. The van der Waals surface area contributed by atoms with Gasteiger partial charge < -0.3 is 35.5 Å². The zero-order valence-corrected chi connectivity index (χ0v) is 12.8. The second-order valence-corrected chi connectivity index (χ2v) is 5.88. The molecule has 24 heavy (non-hydrogen) atoms. The van der Waals surface area contributed by atoms with Crippen molar-refractivity contribution in [2.24, 2.45) is 0 Å². The Balaban J connectivity index is 1.65. The number of amides is 1. The van der Waals surface area contributed by atoms with Crippen LogP contribution in [0.15, 0.2) is 30.3 Å². The first-order valence-corrected chi connectivity index (χ1v) is 7.66. The zero-order chi connectivity index (χ0) is 17.3. The third kappa shape index (κ3) is 3.28. The van der Waals surface area contributed by atoms with Crippen LogP contribution in [0.2, 0.25) is 0 Å². The number of para-hydroxylation sites is 1. The largest absolute Gasteiger partial charge is 0.394 e. The van der Waals surface area contributed by atoms with Crippen LogP contribution in [0.1, 0.15) is 5.69 Å². The summed E-state index contributed by atoms with van der Waals surface area (Å²) in [7, 11) is 0. The van der Waals surface area contributed by atoms with E-state index in [1.54, 1.807) is 0 Å². The Kier molecular flexibility index (Phi) is 4.83. The van der Waals surface area contributed by atoms with E-state index in [1.165, 1.54) is 0 Å². The maximum atomic E-state index is 12.2. The Bertz CT molecular complexity index is 684. The molecule has 1 saturated heterocycles. The lowest BCUT2D eigenvalue weighted by Gasteiger charge is -2.40. The van der Waals surface area contributed by atoms with Gasteiger partial charge in [0, 0.05) is 11.2 Å². The van der Waals surface area contributed by atoms with Gasteiger partial charge in [-0.25, -0.2) is 0 Å². The highest BCUT2D eigenvalue weighted by molar-refractivity contribution is 5.84. The van der Waals surface area contributed by atoms with E-state index in [1.807, 2.05) is 30.3 Å². The molecule has 130 valence electrons. The van der Waals surface area contributed by atoms with E-state index in [9.17, 15) is 20.1 Å². The standard InChI is InChI=1S/C16H20N2O6/c19-7-11-14(21)15(22)13(16(23)24-11)18-12(20)6-9-5-8-3-1-2-4-10(8)17-9/h1-5,11,13-17,19,21-23H,6-7H2,(H,18,20)/t11-,13-,14-,15-,16?/m1/s1. The lowest BCUT2D eigenvalue weighted by Crippen LogP contribution is -2.64. The fraction of sp³-hybridized carbons (Fsp3) is 0.438. The summed E-state index contributed by atoms with van der Waals surface area (Å²) in [5, 5.41) is 42.2. The molecule has 0 bridgehead atoms. The normalized spacial score (nSPS) is 30.4. The average molecular weight is 336 g/mol. The smallest absolute Gasteiger partial charge is 0.226 e. The minimum atomic E-state index is -1.52. The van der Waals surface area contributed by atoms with Gasteiger partial charge in [0.05, 0.1) is 13.0 Å². The molecule has 1 aromatic carbocycles. The molecule has 3 rings (SSSR count). The number of hydrogen-bond donors (Lipinski definition) is 6. The number of aromatic amines is 1. The van der Waals surface area contributed by atoms with Gasteiger partial charge in [-0.15, -0.1) is 0 Å². The van der Waals surface area contributed by atoms with Gasteiger partial charge in [-0.05, 0) is 17.5 Å². The van der Waals surface area contributed by atoms with E-state index < -0.39 is 43.2 Å². The van der Waals surface area contributed by atoms with E-state index in [-0.39, 0.29) is 6.42 Å². The lowest BCUT2D eigenvalue weighted by atomic mass is 9.97. The molecule has 1 aliphatic heterocycles. The van der Waals surface area contributed by atoms with E-state index >= 15 is 0 Å². The zero-order valence-electron chi connectivity index (χ0n) is 12.8. The molecule has 0 saturated carbocycles. The summed E-state index contributed by atoms with van der Waals surface area (Å²) < 4.78 is 5.00. The van der Waals surface area contributed by atoms with Crippen LogP contribution in [0, 0.1) is 0 Å². The van der Waals surface area contributed by atoms with Gasteiger partial charge in [-0.2, -0.15) is 0 Å².